The van der Waals surface area contributed by atoms with Gasteiger partial charge < -0.3 is 14.5 Å². The van der Waals surface area contributed by atoms with Crippen LogP contribution in [0.15, 0.2) is 42.5 Å². The standard InChI is InChI=1S/C21H21N3O2/c1-3-4-11-26-19-10-9-15(13-20(19)25-2)12-16(14-22)21-23-17-7-5-6-8-18(17)24-21/h5-10,12-13H,3-4,11H2,1-2H3,(H,23,24)/b16-12+. The zero-order valence-electron chi connectivity index (χ0n) is 15.0. The zero-order valence-corrected chi connectivity index (χ0v) is 15.0. The third kappa shape index (κ3) is 3.86. The molecule has 5 heteroatoms. The fourth-order valence-electron chi connectivity index (χ4n) is 2.62. The van der Waals surface area contributed by atoms with E-state index in [-0.39, 0.29) is 0 Å². The zero-order chi connectivity index (χ0) is 18.4. The Morgan fingerprint density at radius 2 is 2.08 bits per heavy atom. The van der Waals surface area contributed by atoms with Crippen LogP contribution >= 0.6 is 0 Å². The molecule has 1 N–H and O–H groups in total. The molecule has 0 unspecified atom stereocenters. The Labute approximate surface area is 152 Å². The Kier molecular flexibility index (Phi) is 5.55. The van der Waals surface area contributed by atoms with Crippen LogP contribution in [0.5, 0.6) is 11.5 Å². The highest BCUT2D eigenvalue weighted by Crippen LogP contribution is 2.30. The Morgan fingerprint density at radius 1 is 1.23 bits per heavy atom. The molecule has 0 atom stereocenters. The monoisotopic (exact) mass is 347 g/mol. The molecule has 0 amide bonds. The van der Waals surface area contributed by atoms with Crippen molar-refractivity contribution in [2.45, 2.75) is 19.8 Å². The summed E-state index contributed by atoms with van der Waals surface area (Å²) in [5.41, 5.74) is 3.05. The van der Waals surface area contributed by atoms with Gasteiger partial charge in [0.05, 0.1) is 30.3 Å². The van der Waals surface area contributed by atoms with Crippen molar-refractivity contribution in [2.24, 2.45) is 0 Å². The number of rotatable bonds is 7. The van der Waals surface area contributed by atoms with Gasteiger partial charge in [-0.3, -0.25) is 0 Å². The van der Waals surface area contributed by atoms with Gasteiger partial charge in [-0.1, -0.05) is 31.5 Å². The average molecular weight is 347 g/mol. The van der Waals surface area contributed by atoms with E-state index in [4.69, 9.17) is 9.47 Å². The van der Waals surface area contributed by atoms with Gasteiger partial charge in [0.2, 0.25) is 0 Å². The van der Waals surface area contributed by atoms with Gasteiger partial charge in [-0.25, -0.2) is 4.98 Å². The maximum absolute atomic E-state index is 9.56. The molecule has 0 aliphatic rings. The van der Waals surface area contributed by atoms with Crippen molar-refractivity contribution in [2.75, 3.05) is 13.7 Å². The van der Waals surface area contributed by atoms with E-state index < -0.39 is 0 Å². The van der Waals surface area contributed by atoms with Crippen molar-refractivity contribution in [3.8, 4) is 17.6 Å². The predicted octanol–water partition coefficient (Wildman–Crippen LogP) is 4.81. The van der Waals surface area contributed by atoms with Crippen molar-refractivity contribution >= 4 is 22.7 Å². The molecule has 132 valence electrons. The summed E-state index contributed by atoms with van der Waals surface area (Å²) in [6.07, 6.45) is 3.86. The molecule has 0 saturated heterocycles. The lowest BCUT2D eigenvalue weighted by atomic mass is 10.1. The lowest BCUT2D eigenvalue weighted by molar-refractivity contribution is 0.288. The molecule has 3 rings (SSSR count). The molecule has 0 aliphatic heterocycles. The first-order valence-corrected chi connectivity index (χ1v) is 8.63. The topological polar surface area (TPSA) is 70.9 Å². The summed E-state index contributed by atoms with van der Waals surface area (Å²) in [6, 6.07) is 15.6. The van der Waals surface area contributed by atoms with E-state index in [1.54, 1.807) is 13.2 Å². The maximum Gasteiger partial charge on any atom is 0.161 e. The minimum atomic E-state index is 0.461. The average Bonchev–Trinajstić information content (AvgIpc) is 3.11. The molecular formula is C21H21N3O2. The third-order valence-electron chi connectivity index (χ3n) is 4.02. The number of hydrogen-bond acceptors (Lipinski definition) is 4. The highest BCUT2D eigenvalue weighted by atomic mass is 16.5. The van der Waals surface area contributed by atoms with Gasteiger partial charge in [0.15, 0.2) is 11.5 Å². The van der Waals surface area contributed by atoms with Gasteiger partial charge in [0, 0.05) is 0 Å². The van der Waals surface area contributed by atoms with Gasteiger partial charge in [0.25, 0.3) is 0 Å². The summed E-state index contributed by atoms with van der Waals surface area (Å²) in [5.74, 6) is 1.91. The highest BCUT2D eigenvalue weighted by Gasteiger charge is 2.09. The Hall–Kier alpha value is -3.26. The van der Waals surface area contributed by atoms with Gasteiger partial charge in [-0.05, 0) is 42.3 Å². The van der Waals surface area contributed by atoms with Crippen LogP contribution in [0.1, 0.15) is 31.2 Å². The van der Waals surface area contributed by atoms with Crippen molar-refractivity contribution in [1.82, 2.24) is 9.97 Å². The normalized spacial score (nSPS) is 11.3. The van der Waals surface area contributed by atoms with E-state index in [1.807, 2.05) is 42.5 Å². The number of H-pyrrole nitrogens is 1. The molecule has 3 aromatic rings. The van der Waals surface area contributed by atoms with Crippen LogP contribution in [-0.4, -0.2) is 23.7 Å². The Bertz CT molecular complexity index is 934. The number of fused-ring (bicyclic) bond motifs is 1. The van der Waals surface area contributed by atoms with Crippen LogP contribution in [0.25, 0.3) is 22.7 Å². The van der Waals surface area contributed by atoms with Crippen molar-refractivity contribution in [1.29, 1.82) is 5.26 Å². The number of ether oxygens (including phenoxy) is 2. The summed E-state index contributed by atoms with van der Waals surface area (Å²) < 4.78 is 11.2. The van der Waals surface area contributed by atoms with Crippen LogP contribution < -0.4 is 9.47 Å². The minimum absolute atomic E-state index is 0.461. The van der Waals surface area contributed by atoms with Gasteiger partial charge in [-0.2, -0.15) is 5.26 Å². The number of nitriles is 1. The van der Waals surface area contributed by atoms with E-state index in [1.165, 1.54) is 0 Å². The molecule has 0 bridgehead atoms. The van der Waals surface area contributed by atoms with Gasteiger partial charge >= 0.3 is 0 Å². The number of methoxy groups -OCH3 is 1. The van der Waals surface area contributed by atoms with E-state index in [2.05, 4.69) is 23.0 Å². The number of nitrogens with zero attached hydrogens (tertiary/aromatic N) is 2. The SMILES string of the molecule is CCCCOc1ccc(/C=C(\C#N)c2nc3ccccc3[nH]2)cc1OC. The molecule has 2 aromatic carbocycles. The van der Waals surface area contributed by atoms with Gasteiger partial charge in [-0.15, -0.1) is 0 Å². The van der Waals surface area contributed by atoms with Crippen molar-refractivity contribution in [3.63, 3.8) is 0 Å². The van der Waals surface area contributed by atoms with Crippen molar-refractivity contribution in [3.05, 3.63) is 53.9 Å². The third-order valence-corrected chi connectivity index (χ3v) is 4.02. The number of aromatic nitrogens is 2. The largest absolute Gasteiger partial charge is 0.493 e. The molecule has 0 saturated carbocycles. The molecule has 1 heterocycles. The van der Waals surface area contributed by atoms with E-state index >= 15 is 0 Å². The minimum Gasteiger partial charge on any atom is -0.493 e. The molecule has 0 fully saturated rings. The summed E-state index contributed by atoms with van der Waals surface area (Å²) in [7, 11) is 1.61. The fourth-order valence-corrected chi connectivity index (χ4v) is 2.62. The first-order valence-electron chi connectivity index (χ1n) is 8.63. The van der Waals surface area contributed by atoms with Crippen LogP contribution in [0, 0.1) is 11.3 Å². The summed E-state index contributed by atoms with van der Waals surface area (Å²) in [4.78, 5) is 7.67. The maximum atomic E-state index is 9.56. The lowest BCUT2D eigenvalue weighted by Crippen LogP contribution is -1.99. The number of para-hydroxylation sites is 2. The first-order chi connectivity index (χ1) is 12.7. The molecule has 0 aliphatic carbocycles. The summed E-state index contributed by atoms with van der Waals surface area (Å²) in [6.45, 7) is 2.78. The number of unbranched alkanes of at least 4 members (excludes halogenated alkanes) is 1. The molecular weight excluding hydrogens is 326 g/mol. The Balaban J connectivity index is 1.90. The number of allylic oxidation sites excluding steroid dienone is 1. The number of hydrogen-bond donors (Lipinski definition) is 1. The first kappa shape index (κ1) is 17.6. The lowest BCUT2D eigenvalue weighted by Gasteiger charge is -2.11. The van der Waals surface area contributed by atoms with Crippen LogP contribution in [0.4, 0.5) is 0 Å². The number of aromatic amines is 1. The smallest absolute Gasteiger partial charge is 0.161 e. The van der Waals surface area contributed by atoms with E-state index in [0.717, 1.165) is 29.4 Å². The molecule has 0 spiro atoms. The summed E-state index contributed by atoms with van der Waals surface area (Å²) in [5, 5.41) is 9.56. The predicted molar refractivity (Wildman–Crippen MR) is 103 cm³/mol. The number of nitrogens with one attached hydrogen (secondary N) is 1. The molecule has 26 heavy (non-hydrogen) atoms. The quantitative estimate of drug-likeness (QED) is 0.491. The summed E-state index contributed by atoms with van der Waals surface area (Å²) >= 11 is 0. The molecule has 5 nitrogen and oxygen atoms in total. The number of imidazole rings is 1. The van der Waals surface area contributed by atoms with E-state index in [9.17, 15) is 5.26 Å². The molecule has 0 radical (unpaired) electrons. The Morgan fingerprint density at radius 3 is 2.81 bits per heavy atom. The van der Waals surface area contributed by atoms with E-state index in [0.29, 0.717) is 29.5 Å². The molecule has 1 aromatic heterocycles. The van der Waals surface area contributed by atoms with Crippen molar-refractivity contribution < 1.29 is 9.47 Å². The van der Waals surface area contributed by atoms with Crippen LogP contribution in [0.2, 0.25) is 0 Å². The fraction of sp³-hybridized carbons (Fsp3) is 0.238. The second-order valence-electron chi connectivity index (χ2n) is 5.88. The van der Waals surface area contributed by atoms with Crippen LogP contribution in [-0.2, 0) is 0 Å². The highest BCUT2D eigenvalue weighted by molar-refractivity contribution is 5.90. The second kappa shape index (κ2) is 8.21. The van der Waals surface area contributed by atoms with Crippen LogP contribution in [0.3, 0.4) is 0 Å². The second-order valence-corrected chi connectivity index (χ2v) is 5.88. The number of benzene rings is 2. The van der Waals surface area contributed by atoms with Gasteiger partial charge in [0.1, 0.15) is 11.9 Å².